The zero-order valence-electron chi connectivity index (χ0n) is 11.9. The van der Waals surface area contributed by atoms with Crippen molar-refractivity contribution in [3.8, 4) is 0 Å². The van der Waals surface area contributed by atoms with Gasteiger partial charge in [-0.3, -0.25) is 10.1 Å². The predicted octanol–water partition coefficient (Wildman–Crippen LogP) is 1.08. The molecular formula is C14H26N2O3. The topological polar surface area (TPSA) is 61.8 Å². The molecule has 0 aromatic heterocycles. The van der Waals surface area contributed by atoms with E-state index in [-0.39, 0.29) is 0 Å². The van der Waals surface area contributed by atoms with Crippen LogP contribution in [0.2, 0.25) is 0 Å². The molecule has 1 heterocycles. The minimum atomic E-state index is -0.760. The van der Waals surface area contributed by atoms with Gasteiger partial charge >= 0.3 is 5.97 Å². The summed E-state index contributed by atoms with van der Waals surface area (Å²) in [7, 11) is 0. The molecule has 5 heteroatoms. The number of carboxylic acids is 1. The molecule has 0 bridgehead atoms. The third-order valence-corrected chi connectivity index (χ3v) is 4.04. The molecule has 2 aliphatic rings. The molecule has 2 rings (SSSR count). The number of hydrogen-bond donors (Lipinski definition) is 2. The Morgan fingerprint density at radius 3 is 2.89 bits per heavy atom. The SMILES string of the molecule is CC(CCCN1CCCOCC1)(NC1CC1)C(=O)O. The van der Waals surface area contributed by atoms with Crippen LogP contribution < -0.4 is 5.32 Å². The van der Waals surface area contributed by atoms with E-state index in [1.165, 1.54) is 0 Å². The summed E-state index contributed by atoms with van der Waals surface area (Å²) in [6, 6.07) is 0.424. The molecule has 1 aliphatic carbocycles. The highest BCUT2D eigenvalue weighted by Crippen LogP contribution is 2.25. The van der Waals surface area contributed by atoms with Gasteiger partial charge in [0.1, 0.15) is 5.54 Å². The third-order valence-electron chi connectivity index (χ3n) is 4.04. The molecule has 0 amide bonds. The van der Waals surface area contributed by atoms with Crippen LogP contribution in [0.3, 0.4) is 0 Å². The summed E-state index contributed by atoms with van der Waals surface area (Å²) in [4.78, 5) is 13.8. The van der Waals surface area contributed by atoms with Gasteiger partial charge in [-0.15, -0.1) is 0 Å². The van der Waals surface area contributed by atoms with Gasteiger partial charge in [-0.1, -0.05) is 0 Å². The highest BCUT2D eigenvalue weighted by Gasteiger charge is 2.37. The molecular weight excluding hydrogens is 244 g/mol. The number of hydrogen-bond acceptors (Lipinski definition) is 4. The van der Waals surface area contributed by atoms with Gasteiger partial charge in [0.15, 0.2) is 0 Å². The highest BCUT2D eigenvalue weighted by atomic mass is 16.5. The van der Waals surface area contributed by atoms with Crippen LogP contribution in [0.15, 0.2) is 0 Å². The number of carbonyl (C=O) groups is 1. The Kier molecular flexibility index (Phi) is 5.19. The number of ether oxygens (including phenoxy) is 1. The Morgan fingerprint density at radius 2 is 2.21 bits per heavy atom. The summed E-state index contributed by atoms with van der Waals surface area (Å²) < 4.78 is 5.42. The maximum Gasteiger partial charge on any atom is 0.323 e. The fourth-order valence-electron chi connectivity index (χ4n) is 2.60. The lowest BCUT2D eigenvalue weighted by molar-refractivity contribution is -0.144. The van der Waals surface area contributed by atoms with Gasteiger partial charge in [0.25, 0.3) is 0 Å². The van der Waals surface area contributed by atoms with E-state index in [1.807, 2.05) is 6.92 Å². The molecule has 0 aromatic rings. The van der Waals surface area contributed by atoms with Gasteiger partial charge < -0.3 is 14.7 Å². The number of nitrogens with one attached hydrogen (secondary N) is 1. The largest absolute Gasteiger partial charge is 0.480 e. The minimum Gasteiger partial charge on any atom is -0.480 e. The van der Waals surface area contributed by atoms with Crippen molar-refractivity contribution in [1.29, 1.82) is 0 Å². The van der Waals surface area contributed by atoms with Crippen LogP contribution in [0.5, 0.6) is 0 Å². The summed E-state index contributed by atoms with van der Waals surface area (Å²) in [5, 5.41) is 12.7. The lowest BCUT2D eigenvalue weighted by Crippen LogP contribution is -2.50. The summed E-state index contributed by atoms with van der Waals surface area (Å²) in [5.74, 6) is -0.724. The van der Waals surface area contributed by atoms with Crippen molar-refractivity contribution in [2.45, 2.75) is 50.6 Å². The fraction of sp³-hybridized carbons (Fsp3) is 0.929. The van der Waals surface area contributed by atoms with Crippen molar-refractivity contribution < 1.29 is 14.6 Å². The first kappa shape index (κ1) is 14.8. The van der Waals surface area contributed by atoms with Crippen molar-refractivity contribution in [2.24, 2.45) is 0 Å². The maximum absolute atomic E-state index is 11.4. The summed E-state index contributed by atoms with van der Waals surface area (Å²) in [6.45, 7) is 6.49. The molecule has 2 N–H and O–H groups in total. The Balaban J connectivity index is 1.73. The molecule has 1 aliphatic heterocycles. The summed E-state index contributed by atoms with van der Waals surface area (Å²) in [5.41, 5.74) is -0.760. The molecule has 1 saturated heterocycles. The van der Waals surface area contributed by atoms with Crippen molar-refractivity contribution in [2.75, 3.05) is 32.8 Å². The molecule has 2 fully saturated rings. The Morgan fingerprint density at radius 1 is 1.42 bits per heavy atom. The molecule has 0 spiro atoms. The smallest absolute Gasteiger partial charge is 0.323 e. The molecule has 0 radical (unpaired) electrons. The predicted molar refractivity (Wildman–Crippen MR) is 73.3 cm³/mol. The van der Waals surface area contributed by atoms with Crippen LogP contribution in [-0.2, 0) is 9.53 Å². The van der Waals surface area contributed by atoms with Crippen LogP contribution in [0, 0.1) is 0 Å². The van der Waals surface area contributed by atoms with Gasteiger partial charge in [-0.05, 0) is 45.6 Å². The van der Waals surface area contributed by atoms with E-state index in [4.69, 9.17) is 4.74 Å². The number of rotatable bonds is 7. The van der Waals surface area contributed by atoms with E-state index < -0.39 is 11.5 Å². The standard InChI is InChI=1S/C14H26N2O3/c1-14(13(17)18,15-12-4-5-12)6-2-7-16-8-3-10-19-11-9-16/h12,15H,2-11H2,1H3,(H,17,18). The summed E-state index contributed by atoms with van der Waals surface area (Å²) in [6.07, 6.45) is 4.92. The van der Waals surface area contributed by atoms with Crippen LogP contribution in [0.1, 0.15) is 39.0 Å². The van der Waals surface area contributed by atoms with Gasteiger partial charge in [0, 0.05) is 25.7 Å². The molecule has 19 heavy (non-hydrogen) atoms. The van der Waals surface area contributed by atoms with Crippen molar-refractivity contribution in [3.05, 3.63) is 0 Å². The van der Waals surface area contributed by atoms with E-state index >= 15 is 0 Å². The normalized spacial score (nSPS) is 24.7. The highest BCUT2D eigenvalue weighted by molar-refractivity contribution is 5.78. The van der Waals surface area contributed by atoms with E-state index in [0.29, 0.717) is 12.5 Å². The maximum atomic E-state index is 11.4. The van der Waals surface area contributed by atoms with Crippen LogP contribution in [0.25, 0.3) is 0 Å². The average molecular weight is 270 g/mol. The van der Waals surface area contributed by atoms with E-state index in [1.54, 1.807) is 0 Å². The molecule has 0 aromatic carbocycles. The molecule has 5 nitrogen and oxygen atoms in total. The molecule has 1 atom stereocenters. The van der Waals surface area contributed by atoms with Crippen LogP contribution in [0.4, 0.5) is 0 Å². The van der Waals surface area contributed by atoms with Crippen LogP contribution in [-0.4, -0.2) is 60.4 Å². The zero-order valence-corrected chi connectivity index (χ0v) is 11.9. The lowest BCUT2D eigenvalue weighted by Gasteiger charge is -2.28. The van der Waals surface area contributed by atoms with Crippen LogP contribution >= 0.6 is 0 Å². The van der Waals surface area contributed by atoms with Crippen molar-refractivity contribution in [1.82, 2.24) is 10.2 Å². The third kappa shape index (κ3) is 4.75. The van der Waals surface area contributed by atoms with Gasteiger partial charge in [0.05, 0.1) is 6.61 Å². The van der Waals surface area contributed by atoms with E-state index in [9.17, 15) is 9.90 Å². The van der Waals surface area contributed by atoms with E-state index in [0.717, 1.165) is 58.5 Å². The average Bonchev–Trinajstić information content (AvgIpc) is 3.16. The number of nitrogens with zero attached hydrogens (tertiary/aromatic N) is 1. The van der Waals surface area contributed by atoms with E-state index in [2.05, 4.69) is 10.2 Å². The fourth-order valence-corrected chi connectivity index (χ4v) is 2.60. The molecule has 1 saturated carbocycles. The van der Waals surface area contributed by atoms with Crippen molar-refractivity contribution >= 4 is 5.97 Å². The zero-order chi connectivity index (χ0) is 13.7. The van der Waals surface area contributed by atoms with Gasteiger partial charge in [0.2, 0.25) is 0 Å². The minimum absolute atomic E-state index is 0.424. The first-order chi connectivity index (χ1) is 9.10. The Hall–Kier alpha value is -0.650. The summed E-state index contributed by atoms with van der Waals surface area (Å²) >= 11 is 0. The lowest BCUT2D eigenvalue weighted by atomic mass is 9.95. The number of aliphatic carboxylic acids is 1. The molecule has 110 valence electrons. The van der Waals surface area contributed by atoms with Gasteiger partial charge in [-0.2, -0.15) is 0 Å². The Bertz CT molecular complexity index is 299. The first-order valence-electron chi connectivity index (χ1n) is 7.41. The molecule has 1 unspecified atom stereocenters. The number of carboxylic acid groups (broad SMARTS) is 1. The quantitative estimate of drug-likeness (QED) is 0.725. The second-order valence-corrected chi connectivity index (χ2v) is 5.97. The second-order valence-electron chi connectivity index (χ2n) is 5.97. The van der Waals surface area contributed by atoms with Crippen molar-refractivity contribution in [3.63, 3.8) is 0 Å². The Labute approximate surface area is 115 Å². The monoisotopic (exact) mass is 270 g/mol. The first-order valence-corrected chi connectivity index (χ1v) is 7.41. The second kappa shape index (κ2) is 6.68. The van der Waals surface area contributed by atoms with Gasteiger partial charge in [-0.25, -0.2) is 0 Å².